The van der Waals surface area contributed by atoms with Gasteiger partial charge in [-0.25, -0.2) is 9.78 Å². The lowest BCUT2D eigenvalue weighted by Gasteiger charge is -2.26. The Balaban J connectivity index is 1.26. The SMILES string of the molecule is O=c1[nH]c(O)c(C=c2cnn3c(=NC4CC4)cc(Nc4ccc(OCCN5CCOCC5)c(Cl)c4)nc23)[nH]1. The van der Waals surface area contributed by atoms with Crippen molar-refractivity contribution < 1.29 is 14.6 Å². The van der Waals surface area contributed by atoms with Gasteiger partial charge in [0.2, 0.25) is 5.88 Å². The van der Waals surface area contributed by atoms with E-state index in [9.17, 15) is 9.90 Å². The zero-order valence-corrected chi connectivity index (χ0v) is 21.2. The molecule has 38 heavy (non-hydrogen) atoms. The van der Waals surface area contributed by atoms with Crippen LogP contribution in [0, 0.1) is 0 Å². The summed E-state index contributed by atoms with van der Waals surface area (Å²) in [5.74, 6) is 0.913. The predicted molar refractivity (Wildman–Crippen MR) is 141 cm³/mol. The minimum absolute atomic E-state index is 0.238. The molecule has 1 aromatic carbocycles. The van der Waals surface area contributed by atoms with Crippen molar-refractivity contribution in [1.29, 1.82) is 0 Å². The Morgan fingerprint density at radius 1 is 1.26 bits per heavy atom. The van der Waals surface area contributed by atoms with E-state index < -0.39 is 5.69 Å². The Kier molecular flexibility index (Phi) is 6.75. The van der Waals surface area contributed by atoms with E-state index in [1.54, 1.807) is 22.9 Å². The molecule has 1 saturated heterocycles. The number of H-pyrrole nitrogens is 2. The summed E-state index contributed by atoms with van der Waals surface area (Å²) >= 11 is 6.52. The number of rotatable bonds is 8. The van der Waals surface area contributed by atoms with Crippen LogP contribution >= 0.6 is 11.6 Å². The monoisotopic (exact) mass is 538 g/mol. The molecular formula is C25H27ClN8O4. The second-order valence-electron chi connectivity index (χ2n) is 9.25. The number of hydrogen-bond donors (Lipinski definition) is 4. The number of nitrogens with one attached hydrogen (secondary N) is 3. The number of morpholine rings is 1. The zero-order chi connectivity index (χ0) is 26.1. The molecule has 4 heterocycles. The highest BCUT2D eigenvalue weighted by Crippen LogP contribution is 2.29. The van der Waals surface area contributed by atoms with Gasteiger partial charge in [-0.1, -0.05) is 11.6 Å². The molecule has 198 valence electrons. The van der Waals surface area contributed by atoms with Gasteiger partial charge < -0.3 is 24.9 Å². The van der Waals surface area contributed by atoms with E-state index in [0.717, 1.165) is 51.4 Å². The van der Waals surface area contributed by atoms with Crippen LogP contribution in [0.5, 0.6) is 11.6 Å². The van der Waals surface area contributed by atoms with Gasteiger partial charge in [0, 0.05) is 36.6 Å². The first-order valence-corrected chi connectivity index (χ1v) is 12.8. The van der Waals surface area contributed by atoms with Gasteiger partial charge in [0.15, 0.2) is 11.1 Å². The molecule has 4 aromatic rings. The fourth-order valence-corrected chi connectivity index (χ4v) is 4.45. The normalized spacial score (nSPS) is 17.4. The molecule has 1 aliphatic heterocycles. The minimum atomic E-state index is -0.504. The van der Waals surface area contributed by atoms with Crippen molar-refractivity contribution >= 4 is 34.8 Å². The lowest BCUT2D eigenvalue weighted by atomic mass is 10.3. The number of benzene rings is 1. The lowest BCUT2D eigenvalue weighted by molar-refractivity contribution is 0.0322. The standard InChI is InChI=1S/C25H27ClN8O4/c26-18-12-17(3-4-20(18)38-10-7-33-5-8-37-9-6-33)28-21-13-22(29-16-1-2-16)34-23(31-21)15(14-27-34)11-19-24(35)32-25(36)30-19/h3-4,11-14,16,28,35H,1-2,5-10H2,(H2,30,32,36). The lowest BCUT2D eigenvalue weighted by Crippen LogP contribution is -2.38. The molecule has 13 heteroatoms. The third-order valence-corrected chi connectivity index (χ3v) is 6.65. The van der Waals surface area contributed by atoms with Crippen LogP contribution in [0.15, 0.2) is 40.2 Å². The molecule has 0 spiro atoms. The molecule has 3 aromatic heterocycles. The molecule has 0 radical (unpaired) electrons. The molecule has 4 N–H and O–H groups in total. The fourth-order valence-electron chi connectivity index (χ4n) is 4.21. The summed E-state index contributed by atoms with van der Waals surface area (Å²) in [6, 6.07) is 7.60. The van der Waals surface area contributed by atoms with Gasteiger partial charge in [0.25, 0.3) is 0 Å². The highest BCUT2D eigenvalue weighted by molar-refractivity contribution is 6.32. The summed E-state index contributed by atoms with van der Waals surface area (Å²) in [7, 11) is 0. The quantitative estimate of drug-likeness (QED) is 0.261. The number of imidazole rings is 1. The number of aromatic hydroxyl groups is 1. The van der Waals surface area contributed by atoms with Gasteiger partial charge in [-0.3, -0.25) is 14.9 Å². The Bertz CT molecular complexity index is 1640. The van der Waals surface area contributed by atoms with Gasteiger partial charge in [0.1, 0.15) is 23.9 Å². The van der Waals surface area contributed by atoms with Crippen molar-refractivity contribution in [2.75, 3.05) is 44.8 Å². The van der Waals surface area contributed by atoms with E-state index in [1.807, 2.05) is 18.2 Å². The van der Waals surface area contributed by atoms with Gasteiger partial charge in [-0.15, -0.1) is 0 Å². The first-order valence-electron chi connectivity index (χ1n) is 12.5. The fraction of sp³-hybridized carbons (Fsp3) is 0.360. The molecule has 12 nitrogen and oxygen atoms in total. The minimum Gasteiger partial charge on any atom is -0.493 e. The summed E-state index contributed by atoms with van der Waals surface area (Å²) in [6.45, 7) is 4.68. The number of nitrogens with zero attached hydrogens (tertiary/aromatic N) is 5. The zero-order valence-electron chi connectivity index (χ0n) is 20.5. The molecule has 1 aliphatic carbocycles. The maximum absolute atomic E-state index is 11.5. The summed E-state index contributed by atoms with van der Waals surface area (Å²) in [6.07, 6.45) is 5.29. The molecule has 1 saturated carbocycles. The Morgan fingerprint density at radius 3 is 2.84 bits per heavy atom. The van der Waals surface area contributed by atoms with Crippen LogP contribution < -0.4 is 26.4 Å². The van der Waals surface area contributed by atoms with Crippen LogP contribution in [0.4, 0.5) is 11.5 Å². The van der Waals surface area contributed by atoms with Crippen molar-refractivity contribution in [2.45, 2.75) is 18.9 Å². The number of aromatic amines is 2. The van der Waals surface area contributed by atoms with Gasteiger partial charge >= 0.3 is 5.69 Å². The molecule has 2 aliphatic rings. The molecule has 2 fully saturated rings. The summed E-state index contributed by atoms with van der Waals surface area (Å²) < 4.78 is 12.9. The average Bonchev–Trinajstić information content (AvgIpc) is 3.54. The molecule has 0 atom stereocenters. The summed E-state index contributed by atoms with van der Waals surface area (Å²) in [4.78, 5) is 28.2. The van der Waals surface area contributed by atoms with Gasteiger partial charge in [0.05, 0.1) is 30.5 Å². The molecule has 0 amide bonds. The summed E-state index contributed by atoms with van der Waals surface area (Å²) in [5, 5.41) is 18.8. The predicted octanol–water partition coefficient (Wildman–Crippen LogP) is 1.17. The van der Waals surface area contributed by atoms with E-state index in [0.29, 0.717) is 39.6 Å². The van der Waals surface area contributed by atoms with Gasteiger partial charge in [-0.05, 0) is 37.1 Å². The Morgan fingerprint density at radius 2 is 2.11 bits per heavy atom. The van der Waals surface area contributed by atoms with Crippen molar-refractivity contribution in [2.24, 2.45) is 4.99 Å². The number of anilines is 2. The van der Waals surface area contributed by atoms with Crippen LogP contribution in [-0.2, 0) is 4.74 Å². The van der Waals surface area contributed by atoms with Crippen molar-refractivity contribution in [1.82, 2.24) is 29.5 Å². The largest absolute Gasteiger partial charge is 0.493 e. The first-order chi connectivity index (χ1) is 18.5. The van der Waals surface area contributed by atoms with Crippen LogP contribution in [0.25, 0.3) is 11.7 Å². The van der Waals surface area contributed by atoms with Crippen LogP contribution in [-0.4, -0.2) is 80.1 Å². The van der Waals surface area contributed by atoms with Crippen LogP contribution in [0.2, 0.25) is 5.02 Å². The van der Waals surface area contributed by atoms with E-state index >= 15 is 0 Å². The number of halogens is 1. The van der Waals surface area contributed by atoms with E-state index in [-0.39, 0.29) is 17.6 Å². The third kappa shape index (κ3) is 5.52. The topological polar surface area (TPSA) is 145 Å². The smallest absolute Gasteiger partial charge is 0.326 e. The maximum Gasteiger partial charge on any atom is 0.326 e. The van der Waals surface area contributed by atoms with Crippen molar-refractivity contribution in [3.8, 4) is 11.6 Å². The second-order valence-corrected chi connectivity index (χ2v) is 9.66. The maximum atomic E-state index is 11.5. The molecule has 6 rings (SSSR count). The highest BCUT2D eigenvalue weighted by atomic mass is 35.5. The Labute approximate surface area is 221 Å². The van der Waals surface area contributed by atoms with Crippen LogP contribution in [0.3, 0.4) is 0 Å². The Hall–Kier alpha value is -3.87. The molecule has 0 bridgehead atoms. The number of fused-ring (bicyclic) bond motifs is 1. The van der Waals surface area contributed by atoms with E-state index in [1.165, 1.54) is 0 Å². The third-order valence-electron chi connectivity index (χ3n) is 6.35. The number of aromatic nitrogens is 5. The van der Waals surface area contributed by atoms with Crippen molar-refractivity contribution in [3.63, 3.8) is 0 Å². The number of hydrogen-bond acceptors (Lipinski definition) is 9. The first kappa shape index (κ1) is 24.5. The highest BCUT2D eigenvalue weighted by Gasteiger charge is 2.20. The van der Waals surface area contributed by atoms with E-state index in [2.05, 4.69) is 25.3 Å². The summed E-state index contributed by atoms with van der Waals surface area (Å²) in [5.41, 5.74) is 1.64. The second kappa shape index (κ2) is 10.5. The van der Waals surface area contributed by atoms with Crippen molar-refractivity contribution in [3.05, 3.63) is 62.4 Å². The van der Waals surface area contributed by atoms with E-state index in [4.69, 9.17) is 31.1 Å². The number of ether oxygens (including phenoxy) is 2. The van der Waals surface area contributed by atoms with Crippen LogP contribution in [0.1, 0.15) is 18.5 Å². The molecular weight excluding hydrogens is 512 g/mol. The van der Waals surface area contributed by atoms with Gasteiger partial charge in [-0.2, -0.15) is 9.61 Å². The molecule has 0 unspecified atom stereocenters. The average molecular weight is 539 g/mol.